The maximum Gasteiger partial charge on any atom is 0.238 e. The molecule has 1 aromatic carbocycles. The summed E-state index contributed by atoms with van der Waals surface area (Å²) in [5, 5.41) is 6.09. The van der Waals surface area contributed by atoms with Gasteiger partial charge in [0.2, 0.25) is 11.8 Å². The number of nitrogens with zero attached hydrogens (tertiary/aromatic N) is 1. The quantitative estimate of drug-likeness (QED) is 0.820. The zero-order chi connectivity index (χ0) is 19.3. The average Bonchev–Trinajstić information content (AvgIpc) is 2.56. The van der Waals surface area contributed by atoms with Crippen molar-refractivity contribution in [3.8, 4) is 0 Å². The average molecular weight is 360 g/mol. The largest absolute Gasteiger partial charge is 0.352 e. The van der Waals surface area contributed by atoms with Crippen molar-refractivity contribution in [3.63, 3.8) is 0 Å². The van der Waals surface area contributed by atoms with Gasteiger partial charge in [-0.3, -0.25) is 14.5 Å². The number of carbonyl (C=O) groups excluding carboxylic acids is 2. The number of benzene rings is 1. The molecule has 1 saturated carbocycles. The maximum absolute atomic E-state index is 12.3. The van der Waals surface area contributed by atoms with Crippen LogP contribution in [0, 0.1) is 25.7 Å². The molecule has 0 aromatic heterocycles. The number of anilines is 1. The Balaban J connectivity index is 1.80. The Hall–Kier alpha value is -1.88. The molecular weight excluding hydrogens is 326 g/mol. The van der Waals surface area contributed by atoms with E-state index in [1.165, 1.54) is 12.8 Å². The summed E-state index contributed by atoms with van der Waals surface area (Å²) in [5.41, 5.74) is 3.05. The first-order valence-corrected chi connectivity index (χ1v) is 9.62. The van der Waals surface area contributed by atoms with E-state index >= 15 is 0 Å². The Labute approximate surface area is 157 Å². The van der Waals surface area contributed by atoms with Crippen LogP contribution in [0.1, 0.15) is 44.2 Å². The summed E-state index contributed by atoms with van der Waals surface area (Å²) in [6.07, 6.45) is 3.46. The molecule has 0 spiro atoms. The van der Waals surface area contributed by atoms with Gasteiger partial charge in [0.05, 0.1) is 13.1 Å². The molecular formula is C21H33N3O2. The van der Waals surface area contributed by atoms with Gasteiger partial charge in [0.15, 0.2) is 0 Å². The van der Waals surface area contributed by atoms with Crippen molar-refractivity contribution in [1.29, 1.82) is 0 Å². The van der Waals surface area contributed by atoms with Crippen LogP contribution in [0.4, 0.5) is 5.69 Å². The number of aryl methyl sites for hydroxylation is 1. The number of hydrogen-bond donors (Lipinski definition) is 2. The van der Waals surface area contributed by atoms with Gasteiger partial charge in [-0.1, -0.05) is 38.8 Å². The fourth-order valence-corrected chi connectivity index (χ4v) is 3.66. The van der Waals surface area contributed by atoms with Crippen LogP contribution in [-0.2, 0) is 9.59 Å². The van der Waals surface area contributed by atoms with Crippen LogP contribution in [0.5, 0.6) is 0 Å². The Morgan fingerprint density at radius 3 is 2.54 bits per heavy atom. The Kier molecular flexibility index (Phi) is 7.21. The number of amides is 2. The lowest BCUT2D eigenvalue weighted by Gasteiger charge is -2.34. The monoisotopic (exact) mass is 359 g/mol. The van der Waals surface area contributed by atoms with E-state index in [0.717, 1.165) is 23.2 Å². The van der Waals surface area contributed by atoms with E-state index in [1.54, 1.807) is 11.9 Å². The third-order valence-electron chi connectivity index (χ3n) is 5.76. The fourth-order valence-electron chi connectivity index (χ4n) is 3.66. The van der Waals surface area contributed by atoms with E-state index in [0.29, 0.717) is 11.8 Å². The first-order chi connectivity index (χ1) is 12.3. The van der Waals surface area contributed by atoms with Crippen molar-refractivity contribution in [2.75, 3.05) is 25.5 Å². The number of carbonyl (C=O) groups is 2. The molecule has 3 unspecified atom stereocenters. The van der Waals surface area contributed by atoms with Gasteiger partial charge in [-0.2, -0.15) is 0 Å². The van der Waals surface area contributed by atoms with Crippen molar-refractivity contribution in [2.24, 2.45) is 11.8 Å². The summed E-state index contributed by atoms with van der Waals surface area (Å²) in [6, 6.07) is 6.11. The minimum atomic E-state index is -0.103. The van der Waals surface area contributed by atoms with Gasteiger partial charge in [-0.25, -0.2) is 0 Å². The Morgan fingerprint density at radius 1 is 1.12 bits per heavy atom. The number of rotatable bonds is 6. The summed E-state index contributed by atoms with van der Waals surface area (Å²) in [6.45, 7) is 8.92. The van der Waals surface area contributed by atoms with Crippen molar-refractivity contribution < 1.29 is 9.59 Å². The van der Waals surface area contributed by atoms with Gasteiger partial charge in [0.1, 0.15) is 0 Å². The standard InChI is InChI=1S/C21H33N3O2/c1-14-8-6-10-18(16(14)3)22-20(25)12-24(5)13-21(26)23-19-11-7-9-15(2)17(19)4/h6,8,10,15,17,19H,7,9,11-13H2,1-5H3,(H,22,25)(H,23,26). The minimum Gasteiger partial charge on any atom is -0.352 e. The molecule has 1 fully saturated rings. The van der Waals surface area contributed by atoms with Crippen molar-refractivity contribution in [3.05, 3.63) is 29.3 Å². The van der Waals surface area contributed by atoms with E-state index in [-0.39, 0.29) is 30.9 Å². The van der Waals surface area contributed by atoms with Crippen molar-refractivity contribution >= 4 is 17.5 Å². The van der Waals surface area contributed by atoms with E-state index in [1.807, 2.05) is 32.0 Å². The molecule has 3 atom stereocenters. The third-order valence-corrected chi connectivity index (χ3v) is 5.76. The zero-order valence-electron chi connectivity index (χ0n) is 16.8. The summed E-state index contributed by atoms with van der Waals surface area (Å²) >= 11 is 0. The van der Waals surface area contributed by atoms with Gasteiger partial charge < -0.3 is 10.6 Å². The van der Waals surface area contributed by atoms with Crippen molar-refractivity contribution in [1.82, 2.24) is 10.2 Å². The molecule has 0 aliphatic heterocycles. The fraction of sp³-hybridized carbons (Fsp3) is 0.619. The summed E-state index contributed by atoms with van der Waals surface area (Å²) in [5.74, 6) is 1.05. The van der Waals surface area contributed by atoms with Crippen LogP contribution in [-0.4, -0.2) is 42.9 Å². The highest BCUT2D eigenvalue weighted by molar-refractivity contribution is 5.93. The van der Waals surface area contributed by atoms with E-state index in [4.69, 9.17) is 0 Å². The first-order valence-electron chi connectivity index (χ1n) is 9.62. The molecule has 5 nitrogen and oxygen atoms in total. The van der Waals surface area contributed by atoms with Gasteiger partial charge in [-0.05, 0) is 56.3 Å². The van der Waals surface area contributed by atoms with E-state index in [2.05, 4.69) is 24.5 Å². The second-order valence-electron chi connectivity index (χ2n) is 7.91. The Bertz CT molecular complexity index is 644. The van der Waals surface area contributed by atoms with Crippen LogP contribution in [0.3, 0.4) is 0 Å². The smallest absolute Gasteiger partial charge is 0.238 e. The summed E-state index contributed by atoms with van der Waals surface area (Å²) in [7, 11) is 1.80. The SMILES string of the molecule is Cc1cccc(NC(=O)CN(C)CC(=O)NC2CCCC(C)C2C)c1C. The highest BCUT2D eigenvalue weighted by atomic mass is 16.2. The van der Waals surface area contributed by atoms with Crippen LogP contribution in [0.25, 0.3) is 0 Å². The van der Waals surface area contributed by atoms with E-state index < -0.39 is 0 Å². The van der Waals surface area contributed by atoms with Crippen LogP contribution in [0.2, 0.25) is 0 Å². The molecule has 2 N–H and O–H groups in total. The second kappa shape index (κ2) is 9.17. The van der Waals surface area contributed by atoms with Crippen molar-refractivity contribution in [2.45, 2.75) is 53.0 Å². The van der Waals surface area contributed by atoms with Crippen LogP contribution < -0.4 is 10.6 Å². The lowest BCUT2D eigenvalue weighted by atomic mass is 9.78. The second-order valence-corrected chi connectivity index (χ2v) is 7.91. The highest BCUT2D eigenvalue weighted by Crippen LogP contribution is 2.29. The predicted molar refractivity (Wildman–Crippen MR) is 106 cm³/mol. The molecule has 0 heterocycles. The summed E-state index contributed by atoms with van der Waals surface area (Å²) < 4.78 is 0. The number of likely N-dealkylation sites (N-methyl/N-ethyl adjacent to an activating group) is 1. The molecule has 26 heavy (non-hydrogen) atoms. The van der Waals surface area contributed by atoms with Gasteiger partial charge in [0.25, 0.3) is 0 Å². The highest BCUT2D eigenvalue weighted by Gasteiger charge is 2.28. The molecule has 2 amide bonds. The molecule has 5 heteroatoms. The van der Waals surface area contributed by atoms with E-state index in [9.17, 15) is 9.59 Å². The summed E-state index contributed by atoms with van der Waals surface area (Å²) in [4.78, 5) is 26.4. The molecule has 0 radical (unpaired) electrons. The predicted octanol–water partition coefficient (Wildman–Crippen LogP) is 3.11. The molecule has 1 aliphatic carbocycles. The number of nitrogens with one attached hydrogen (secondary N) is 2. The topological polar surface area (TPSA) is 61.4 Å². The third kappa shape index (κ3) is 5.56. The van der Waals surface area contributed by atoms with Crippen LogP contribution >= 0.6 is 0 Å². The van der Waals surface area contributed by atoms with Gasteiger partial charge in [-0.15, -0.1) is 0 Å². The molecule has 0 bridgehead atoms. The molecule has 1 aliphatic rings. The van der Waals surface area contributed by atoms with Gasteiger partial charge in [0, 0.05) is 11.7 Å². The molecule has 2 rings (SSSR count). The molecule has 1 aromatic rings. The maximum atomic E-state index is 12.3. The minimum absolute atomic E-state index is 0.00186. The van der Waals surface area contributed by atoms with Gasteiger partial charge >= 0.3 is 0 Å². The Morgan fingerprint density at radius 2 is 1.81 bits per heavy atom. The zero-order valence-corrected chi connectivity index (χ0v) is 16.8. The molecule has 144 valence electrons. The lowest BCUT2D eigenvalue weighted by molar-refractivity contribution is -0.124. The molecule has 0 saturated heterocycles. The van der Waals surface area contributed by atoms with Crippen LogP contribution in [0.15, 0.2) is 18.2 Å². The normalized spacial score (nSPS) is 22.9. The lowest BCUT2D eigenvalue weighted by Crippen LogP contribution is -2.47. The first kappa shape index (κ1) is 20.4. The number of hydrogen-bond acceptors (Lipinski definition) is 3.